The summed E-state index contributed by atoms with van der Waals surface area (Å²) in [7, 11) is 0. The minimum atomic E-state index is -0.949. The third-order valence-electron chi connectivity index (χ3n) is 4.79. The number of aromatic carboxylic acids is 1. The van der Waals surface area contributed by atoms with Crippen LogP contribution in [0, 0.1) is 5.82 Å². The normalized spacial score (nSPS) is 11.0. The van der Waals surface area contributed by atoms with Gasteiger partial charge in [0.15, 0.2) is 0 Å². The lowest BCUT2D eigenvalue weighted by molar-refractivity contribution is 0.0699. The van der Waals surface area contributed by atoms with Crippen LogP contribution < -0.4 is 4.74 Å². The lowest BCUT2D eigenvalue weighted by atomic mass is 10.1. The summed E-state index contributed by atoms with van der Waals surface area (Å²) in [4.78, 5) is 11.5. The molecule has 0 spiro atoms. The maximum Gasteiger partial charge on any atom is 0.336 e. The van der Waals surface area contributed by atoms with Crippen LogP contribution in [0.3, 0.4) is 0 Å². The number of carboxylic acids is 1. The van der Waals surface area contributed by atoms with Gasteiger partial charge in [-0.2, -0.15) is 0 Å². The highest BCUT2D eigenvalue weighted by Crippen LogP contribution is 2.28. The average molecular weight is 533 g/mol. The van der Waals surface area contributed by atoms with E-state index in [4.69, 9.17) is 4.74 Å². The number of rotatable bonds is 6. The smallest absolute Gasteiger partial charge is 0.336 e. The number of carbonyl (C=O) groups is 1. The molecule has 0 unspecified atom stereocenters. The van der Waals surface area contributed by atoms with Crippen molar-refractivity contribution in [3.63, 3.8) is 0 Å². The van der Waals surface area contributed by atoms with E-state index in [9.17, 15) is 14.3 Å². The Balaban J connectivity index is 1.62. The van der Waals surface area contributed by atoms with Gasteiger partial charge in [0.25, 0.3) is 0 Å². The maximum absolute atomic E-state index is 13.5. The summed E-state index contributed by atoms with van der Waals surface area (Å²) >= 11 is 6.70. The number of benzene rings is 3. The van der Waals surface area contributed by atoms with E-state index in [0.717, 1.165) is 21.1 Å². The maximum atomic E-state index is 13.5. The van der Waals surface area contributed by atoms with Crippen LogP contribution in [0.25, 0.3) is 10.9 Å². The molecule has 152 valence electrons. The second kappa shape index (κ2) is 8.62. The fourth-order valence-corrected chi connectivity index (χ4v) is 4.17. The van der Waals surface area contributed by atoms with Gasteiger partial charge in [0.1, 0.15) is 18.2 Å². The summed E-state index contributed by atoms with van der Waals surface area (Å²) in [6.45, 7) is 0.803. The summed E-state index contributed by atoms with van der Waals surface area (Å²) < 4.78 is 22.8. The van der Waals surface area contributed by atoms with Gasteiger partial charge in [0.2, 0.25) is 0 Å². The zero-order chi connectivity index (χ0) is 21.3. The second-order valence-corrected chi connectivity index (χ2v) is 8.55. The molecule has 0 atom stereocenters. The molecule has 7 heteroatoms. The Hall–Kier alpha value is -2.64. The van der Waals surface area contributed by atoms with Gasteiger partial charge in [0.05, 0.1) is 16.6 Å². The molecule has 0 fully saturated rings. The van der Waals surface area contributed by atoms with Crippen LogP contribution in [0.4, 0.5) is 4.39 Å². The third-order valence-corrected chi connectivity index (χ3v) is 5.89. The molecule has 4 aromatic rings. The summed E-state index contributed by atoms with van der Waals surface area (Å²) in [6, 6.07) is 17.6. The van der Waals surface area contributed by atoms with E-state index in [1.54, 1.807) is 24.3 Å². The highest BCUT2D eigenvalue weighted by atomic mass is 79.9. The summed E-state index contributed by atoms with van der Waals surface area (Å²) in [5, 5.41) is 10.1. The molecule has 0 radical (unpaired) electrons. The van der Waals surface area contributed by atoms with Gasteiger partial charge in [-0.15, -0.1) is 0 Å². The lowest BCUT2D eigenvalue weighted by Crippen LogP contribution is -2.04. The molecule has 0 aliphatic heterocycles. The SMILES string of the molecule is O=C(O)c1cccc2c1ccn2Cc1cc(Br)ccc1OCc1ccc(F)c(Br)c1. The van der Waals surface area contributed by atoms with Gasteiger partial charge in [-0.25, -0.2) is 9.18 Å². The van der Waals surface area contributed by atoms with Gasteiger partial charge < -0.3 is 14.4 Å². The van der Waals surface area contributed by atoms with Crippen molar-refractivity contribution >= 4 is 48.7 Å². The first-order valence-electron chi connectivity index (χ1n) is 9.08. The van der Waals surface area contributed by atoms with Gasteiger partial charge in [-0.05, 0) is 70.0 Å². The van der Waals surface area contributed by atoms with Crippen LogP contribution in [0.2, 0.25) is 0 Å². The molecule has 3 aromatic carbocycles. The van der Waals surface area contributed by atoms with Crippen molar-refractivity contribution in [1.29, 1.82) is 0 Å². The molecule has 0 saturated heterocycles. The van der Waals surface area contributed by atoms with Crippen molar-refractivity contribution in [3.05, 3.63) is 98.3 Å². The number of hydrogen-bond donors (Lipinski definition) is 1. The molecule has 1 heterocycles. The minimum Gasteiger partial charge on any atom is -0.489 e. The van der Waals surface area contributed by atoms with Gasteiger partial charge in [-0.1, -0.05) is 28.1 Å². The van der Waals surface area contributed by atoms with Crippen molar-refractivity contribution in [3.8, 4) is 5.75 Å². The van der Waals surface area contributed by atoms with Gasteiger partial charge in [-0.3, -0.25) is 0 Å². The summed E-state index contributed by atoms with van der Waals surface area (Å²) in [6.07, 6.45) is 1.87. The Morgan fingerprint density at radius 3 is 2.67 bits per heavy atom. The van der Waals surface area contributed by atoms with Crippen molar-refractivity contribution in [2.45, 2.75) is 13.2 Å². The Kier molecular flexibility index (Phi) is 5.92. The van der Waals surface area contributed by atoms with E-state index < -0.39 is 5.97 Å². The number of ether oxygens (including phenoxy) is 1. The molecule has 30 heavy (non-hydrogen) atoms. The van der Waals surface area contributed by atoms with E-state index >= 15 is 0 Å². The molecular weight excluding hydrogens is 517 g/mol. The van der Waals surface area contributed by atoms with Crippen molar-refractivity contribution in [2.24, 2.45) is 0 Å². The number of nitrogens with zero attached hydrogens (tertiary/aromatic N) is 1. The van der Waals surface area contributed by atoms with Crippen LogP contribution in [0.15, 0.2) is 75.8 Å². The predicted molar refractivity (Wildman–Crippen MR) is 121 cm³/mol. The molecule has 4 nitrogen and oxygen atoms in total. The molecule has 0 saturated carbocycles. The Bertz CT molecular complexity index is 1250. The largest absolute Gasteiger partial charge is 0.489 e. The van der Waals surface area contributed by atoms with E-state index in [2.05, 4.69) is 31.9 Å². The first kappa shape index (κ1) is 20.6. The molecule has 0 aliphatic carbocycles. The van der Waals surface area contributed by atoms with Crippen molar-refractivity contribution in [2.75, 3.05) is 0 Å². The third kappa shape index (κ3) is 4.27. The van der Waals surface area contributed by atoms with E-state index in [0.29, 0.717) is 28.8 Å². The van der Waals surface area contributed by atoms with Crippen LogP contribution in [0.1, 0.15) is 21.5 Å². The fourth-order valence-electron chi connectivity index (χ4n) is 3.33. The number of aromatic nitrogens is 1. The van der Waals surface area contributed by atoms with Crippen LogP contribution >= 0.6 is 31.9 Å². The lowest BCUT2D eigenvalue weighted by Gasteiger charge is -2.14. The summed E-state index contributed by atoms with van der Waals surface area (Å²) in [5.41, 5.74) is 2.89. The van der Waals surface area contributed by atoms with Crippen LogP contribution in [0.5, 0.6) is 5.75 Å². The van der Waals surface area contributed by atoms with Crippen LogP contribution in [-0.4, -0.2) is 15.6 Å². The van der Waals surface area contributed by atoms with E-state index in [1.165, 1.54) is 6.07 Å². The Morgan fingerprint density at radius 2 is 1.90 bits per heavy atom. The number of hydrogen-bond acceptors (Lipinski definition) is 2. The predicted octanol–water partition coefficient (Wildman–Crippen LogP) is 6.63. The van der Waals surface area contributed by atoms with Gasteiger partial charge >= 0.3 is 5.97 Å². The van der Waals surface area contributed by atoms with Crippen LogP contribution in [-0.2, 0) is 13.2 Å². The molecular formula is C23H16Br2FNO3. The average Bonchev–Trinajstić information content (AvgIpc) is 3.13. The zero-order valence-electron chi connectivity index (χ0n) is 15.6. The number of halogens is 3. The van der Waals surface area contributed by atoms with Crippen molar-refractivity contribution in [1.82, 2.24) is 4.57 Å². The highest BCUT2D eigenvalue weighted by molar-refractivity contribution is 9.10. The zero-order valence-corrected chi connectivity index (χ0v) is 18.8. The standard InChI is InChI=1S/C23H16Br2FNO3/c24-16-5-7-22(30-13-14-4-6-20(26)19(25)10-14)15(11-16)12-27-9-8-17-18(23(28)29)2-1-3-21(17)27/h1-11H,12-13H2,(H,28,29). The molecule has 0 bridgehead atoms. The Morgan fingerprint density at radius 1 is 1.07 bits per heavy atom. The summed E-state index contributed by atoms with van der Waals surface area (Å²) in [5.74, 6) is -0.562. The quantitative estimate of drug-likeness (QED) is 0.303. The topological polar surface area (TPSA) is 51.5 Å². The Labute approximate surface area is 189 Å². The first-order valence-corrected chi connectivity index (χ1v) is 10.7. The van der Waals surface area contributed by atoms with E-state index in [-0.39, 0.29) is 11.4 Å². The van der Waals surface area contributed by atoms with Crippen molar-refractivity contribution < 1.29 is 19.0 Å². The molecule has 1 N–H and O–H groups in total. The number of carboxylic acid groups (broad SMARTS) is 1. The van der Waals surface area contributed by atoms with Gasteiger partial charge in [0, 0.05) is 27.1 Å². The molecule has 1 aromatic heterocycles. The molecule has 4 rings (SSSR count). The second-order valence-electron chi connectivity index (χ2n) is 6.78. The minimum absolute atomic E-state index is 0.277. The fraction of sp³-hybridized carbons (Fsp3) is 0.0870. The number of fused-ring (bicyclic) bond motifs is 1. The molecule has 0 amide bonds. The van der Waals surface area contributed by atoms with E-state index in [1.807, 2.05) is 41.1 Å². The monoisotopic (exact) mass is 531 g/mol. The highest BCUT2D eigenvalue weighted by Gasteiger charge is 2.13. The first-order chi connectivity index (χ1) is 14.4. The molecule has 0 aliphatic rings.